The molecule has 1 aliphatic heterocycles. The summed E-state index contributed by atoms with van der Waals surface area (Å²) in [6, 6.07) is -0.345. The average Bonchev–Trinajstić information content (AvgIpc) is 2.94. The number of nitrogens with zero attached hydrogens (tertiary/aromatic N) is 1. The highest BCUT2D eigenvalue weighted by Gasteiger charge is 2.39. The molecule has 4 heteroatoms. The third-order valence-corrected chi connectivity index (χ3v) is 5.31. The molecular weight excluding hydrogens is 266 g/mol. The molecule has 0 bridgehead atoms. The molecule has 0 aromatic heterocycles. The van der Waals surface area contributed by atoms with E-state index in [1.54, 1.807) is 4.90 Å². The molecule has 2 fully saturated rings. The molecule has 0 radical (unpaired) electrons. The van der Waals surface area contributed by atoms with Crippen LogP contribution in [-0.2, 0) is 14.3 Å². The largest absolute Gasteiger partial charge is 0.467 e. The van der Waals surface area contributed by atoms with Gasteiger partial charge in [-0.25, -0.2) is 4.79 Å². The van der Waals surface area contributed by atoms with E-state index in [1.165, 1.54) is 7.11 Å². The first-order valence-corrected chi connectivity index (χ1v) is 8.23. The van der Waals surface area contributed by atoms with Crippen molar-refractivity contribution in [2.45, 2.75) is 65.3 Å². The van der Waals surface area contributed by atoms with Crippen molar-refractivity contribution in [2.24, 2.45) is 17.3 Å². The maximum atomic E-state index is 12.7. The van der Waals surface area contributed by atoms with Crippen molar-refractivity contribution in [3.8, 4) is 0 Å². The van der Waals surface area contributed by atoms with Crippen LogP contribution >= 0.6 is 0 Å². The van der Waals surface area contributed by atoms with Gasteiger partial charge in [-0.3, -0.25) is 4.79 Å². The van der Waals surface area contributed by atoms with Crippen LogP contribution in [0.5, 0.6) is 0 Å². The Balaban J connectivity index is 1.94. The molecule has 1 amide bonds. The smallest absolute Gasteiger partial charge is 0.328 e. The molecule has 1 unspecified atom stereocenters. The van der Waals surface area contributed by atoms with E-state index < -0.39 is 0 Å². The number of ether oxygens (including phenoxy) is 1. The maximum absolute atomic E-state index is 12.7. The molecule has 4 nitrogen and oxygen atoms in total. The summed E-state index contributed by atoms with van der Waals surface area (Å²) in [5.41, 5.74) is 0.330. The van der Waals surface area contributed by atoms with Gasteiger partial charge in [-0.1, -0.05) is 20.8 Å². The summed E-state index contributed by atoms with van der Waals surface area (Å²) in [7, 11) is 1.40. The van der Waals surface area contributed by atoms with Crippen LogP contribution in [0.15, 0.2) is 0 Å². The summed E-state index contributed by atoms with van der Waals surface area (Å²) in [6.45, 7) is 7.56. The van der Waals surface area contributed by atoms with Crippen LogP contribution in [0.25, 0.3) is 0 Å². The zero-order valence-electron chi connectivity index (χ0n) is 13.9. The highest BCUT2D eigenvalue weighted by molar-refractivity contribution is 5.86. The predicted molar refractivity (Wildman–Crippen MR) is 81.7 cm³/mol. The molecule has 2 rings (SSSR count). The van der Waals surface area contributed by atoms with Crippen LogP contribution in [0.1, 0.15) is 59.3 Å². The Morgan fingerprint density at radius 1 is 1.05 bits per heavy atom. The lowest BCUT2D eigenvalue weighted by Gasteiger charge is -2.38. The number of esters is 1. The maximum Gasteiger partial charge on any atom is 0.328 e. The fraction of sp³-hybridized carbons (Fsp3) is 0.882. The van der Waals surface area contributed by atoms with Crippen LogP contribution in [0.3, 0.4) is 0 Å². The van der Waals surface area contributed by atoms with E-state index in [1.807, 2.05) is 0 Å². The number of likely N-dealkylation sites (tertiary alicyclic amines) is 1. The molecule has 1 atom stereocenters. The van der Waals surface area contributed by atoms with E-state index in [0.717, 1.165) is 38.5 Å². The third-order valence-electron chi connectivity index (χ3n) is 5.31. The monoisotopic (exact) mass is 295 g/mol. The lowest BCUT2D eigenvalue weighted by molar-refractivity contribution is -0.153. The van der Waals surface area contributed by atoms with Gasteiger partial charge in [-0.05, 0) is 49.9 Å². The van der Waals surface area contributed by atoms with E-state index in [-0.39, 0.29) is 23.8 Å². The summed E-state index contributed by atoms with van der Waals surface area (Å²) in [6.07, 6.45) is 5.82. The molecule has 0 N–H and O–H groups in total. The van der Waals surface area contributed by atoms with E-state index in [4.69, 9.17) is 4.74 Å². The molecule has 21 heavy (non-hydrogen) atoms. The predicted octanol–water partition coefficient (Wildman–Crippen LogP) is 3.00. The number of carbonyl (C=O) groups is 2. The second-order valence-electron chi connectivity index (χ2n) is 7.63. The fourth-order valence-corrected chi connectivity index (χ4v) is 3.85. The molecule has 1 aliphatic carbocycles. The molecule has 0 aromatic rings. The first kappa shape index (κ1) is 16.3. The molecule has 1 heterocycles. The first-order chi connectivity index (χ1) is 9.84. The second kappa shape index (κ2) is 6.37. The minimum atomic E-state index is -0.345. The molecular formula is C17H29NO3. The summed E-state index contributed by atoms with van der Waals surface area (Å²) in [5, 5.41) is 0. The van der Waals surface area contributed by atoms with Gasteiger partial charge in [0.25, 0.3) is 0 Å². The van der Waals surface area contributed by atoms with Crippen molar-refractivity contribution in [3.05, 3.63) is 0 Å². The number of amides is 1. The van der Waals surface area contributed by atoms with Gasteiger partial charge < -0.3 is 9.64 Å². The lowest BCUT2D eigenvalue weighted by Crippen LogP contribution is -2.45. The fourth-order valence-electron chi connectivity index (χ4n) is 3.85. The number of carbonyl (C=O) groups excluding carboxylic acids is 2. The van der Waals surface area contributed by atoms with Gasteiger partial charge in [0.2, 0.25) is 5.91 Å². The Morgan fingerprint density at radius 2 is 1.67 bits per heavy atom. The molecule has 2 aliphatic rings. The van der Waals surface area contributed by atoms with Gasteiger partial charge in [0.05, 0.1) is 7.11 Å². The molecule has 0 spiro atoms. The minimum absolute atomic E-state index is 0.105. The SMILES string of the molecule is COC(=O)C1CCCN1C(=O)C1CCC(C(C)(C)C)CC1. The van der Waals surface area contributed by atoms with Gasteiger partial charge >= 0.3 is 5.97 Å². The number of methoxy groups -OCH3 is 1. The Kier molecular flexibility index (Phi) is 4.95. The van der Waals surface area contributed by atoms with Crippen LogP contribution < -0.4 is 0 Å². The number of hydrogen-bond donors (Lipinski definition) is 0. The van der Waals surface area contributed by atoms with Crippen molar-refractivity contribution >= 4 is 11.9 Å². The minimum Gasteiger partial charge on any atom is -0.467 e. The summed E-state index contributed by atoms with van der Waals surface area (Å²) < 4.78 is 4.83. The average molecular weight is 295 g/mol. The summed E-state index contributed by atoms with van der Waals surface area (Å²) >= 11 is 0. The second-order valence-corrected chi connectivity index (χ2v) is 7.63. The Hall–Kier alpha value is -1.06. The first-order valence-electron chi connectivity index (χ1n) is 8.23. The topological polar surface area (TPSA) is 46.6 Å². The zero-order valence-corrected chi connectivity index (χ0v) is 13.9. The molecule has 1 saturated heterocycles. The van der Waals surface area contributed by atoms with E-state index >= 15 is 0 Å². The van der Waals surface area contributed by atoms with Gasteiger partial charge in [-0.2, -0.15) is 0 Å². The van der Waals surface area contributed by atoms with Crippen LogP contribution in [-0.4, -0.2) is 36.5 Å². The van der Waals surface area contributed by atoms with E-state index in [0.29, 0.717) is 17.9 Å². The van der Waals surface area contributed by atoms with Crippen LogP contribution in [0.2, 0.25) is 0 Å². The van der Waals surface area contributed by atoms with Crippen molar-refractivity contribution in [2.75, 3.05) is 13.7 Å². The quantitative estimate of drug-likeness (QED) is 0.736. The molecule has 1 saturated carbocycles. The van der Waals surface area contributed by atoms with Gasteiger partial charge in [0, 0.05) is 12.5 Å². The zero-order chi connectivity index (χ0) is 15.6. The van der Waals surface area contributed by atoms with Crippen LogP contribution in [0, 0.1) is 17.3 Å². The lowest BCUT2D eigenvalue weighted by atomic mass is 9.69. The van der Waals surface area contributed by atoms with Crippen molar-refractivity contribution in [1.29, 1.82) is 0 Å². The summed E-state index contributed by atoms with van der Waals surface area (Å²) in [5.74, 6) is 0.727. The van der Waals surface area contributed by atoms with E-state index in [2.05, 4.69) is 20.8 Å². The van der Waals surface area contributed by atoms with Gasteiger partial charge in [-0.15, -0.1) is 0 Å². The number of rotatable bonds is 2. The highest BCUT2D eigenvalue weighted by Crippen LogP contribution is 2.40. The van der Waals surface area contributed by atoms with Crippen molar-refractivity contribution < 1.29 is 14.3 Å². The van der Waals surface area contributed by atoms with Crippen LogP contribution in [0.4, 0.5) is 0 Å². The Labute approximate surface area is 128 Å². The normalized spacial score (nSPS) is 30.3. The summed E-state index contributed by atoms with van der Waals surface area (Å²) in [4.78, 5) is 26.3. The molecule has 0 aromatic carbocycles. The van der Waals surface area contributed by atoms with Crippen molar-refractivity contribution in [1.82, 2.24) is 4.90 Å². The highest BCUT2D eigenvalue weighted by atomic mass is 16.5. The van der Waals surface area contributed by atoms with Crippen molar-refractivity contribution in [3.63, 3.8) is 0 Å². The Morgan fingerprint density at radius 3 is 2.19 bits per heavy atom. The van der Waals surface area contributed by atoms with Gasteiger partial charge in [0.1, 0.15) is 6.04 Å². The number of hydrogen-bond acceptors (Lipinski definition) is 3. The van der Waals surface area contributed by atoms with Gasteiger partial charge in [0.15, 0.2) is 0 Å². The Bertz CT molecular complexity index is 391. The van der Waals surface area contributed by atoms with E-state index in [9.17, 15) is 9.59 Å². The third kappa shape index (κ3) is 3.58. The standard InChI is InChI=1S/C17H29NO3/c1-17(2,3)13-9-7-12(8-10-13)15(19)18-11-5-6-14(18)16(20)21-4/h12-14H,5-11H2,1-4H3. The molecule has 120 valence electrons.